The molecule has 0 fully saturated rings. The van der Waals surface area contributed by atoms with E-state index in [9.17, 15) is 26.3 Å². The van der Waals surface area contributed by atoms with Crippen LogP contribution in [0.2, 0.25) is 0 Å². The highest BCUT2D eigenvalue weighted by molar-refractivity contribution is 5.47. The van der Waals surface area contributed by atoms with Crippen LogP contribution in [0.3, 0.4) is 0 Å². The Morgan fingerprint density at radius 1 is 0.706 bits per heavy atom. The molecular formula is C11H10F6. The molecule has 17 heavy (non-hydrogen) atoms. The van der Waals surface area contributed by atoms with Crippen molar-refractivity contribution in [3.8, 4) is 0 Å². The molecular weight excluding hydrogens is 246 g/mol. The van der Waals surface area contributed by atoms with Gasteiger partial charge in [0.2, 0.25) is 0 Å². The lowest BCUT2D eigenvalue weighted by Gasteiger charge is -2.20. The van der Waals surface area contributed by atoms with Crippen LogP contribution >= 0.6 is 0 Å². The highest BCUT2D eigenvalue weighted by Crippen LogP contribution is 2.42. The van der Waals surface area contributed by atoms with Crippen LogP contribution in [0.1, 0.15) is 27.8 Å². The second-order valence-corrected chi connectivity index (χ2v) is 3.88. The van der Waals surface area contributed by atoms with Crippen molar-refractivity contribution >= 4 is 0 Å². The van der Waals surface area contributed by atoms with E-state index in [4.69, 9.17) is 0 Å². The van der Waals surface area contributed by atoms with E-state index in [1.807, 2.05) is 0 Å². The van der Waals surface area contributed by atoms with E-state index in [0.29, 0.717) is 0 Å². The number of aryl methyl sites for hydroxylation is 2. The fourth-order valence-corrected chi connectivity index (χ4v) is 2.06. The van der Waals surface area contributed by atoms with Crippen molar-refractivity contribution in [2.75, 3.05) is 0 Å². The molecule has 0 aliphatic carbocycles. The maximum absolute atomic E-state index is 12.6. The second kappa shape index (κ2) is 3.92. The first-order valence-corrected chi connectivity index (χ1v) is 4.71. The molecule has 1 aromatic carbocycles. The van der Waals surface area contributed by atoms with Crippen LogP contribution in [0.4, 0.5) is 26.3 Å². The van der Waals surface area contributed by atoms with Gasteiger partial charge in [-0.1, -0.05) is 6.07 Å². The Kier molecular flexibility index (Phi) is 3.20. The Morgan fingerprint density at radius 2 is 1.00 bits per heavy atom. The summed E-state index contributed by atoms with van der Waals surface area (Å²) < 4.78 is 75.9. The molecule has 0 saturated heterocycles. The van der Waals surface area contributed by atoms with Crippen LogP contribution in [0.25, 0.3) is 0 Å². The zero-order chi connectivity index (χ0) is 13.6. The Balaban J connectivity index is 3.67. The maximum atomic E-state index is 12.6. The molecule has 0 atom stereocenters. The van der Waals surface area contributed by atoms with Crippen LogP contribution in [0.15, 0.2) is 6.07 Å². The van der Waals surface area contributed by atoms with E-state index in [-0.39, 0.29) is 11.1 Å². The standard InChI is InChI=1S/C11H10F6/c1-5-4-6(2)9(11(15,16)17)7(3)8(5)10(12,13)14/h4H,1-3H3. The van der Waals surface area contributed by atoms with Gasteiger partial charge in [-0.05, 0) is 37.5 Å². The normalized spacial score (nSPS) is 13.0. The lowest BCUT2D eigenvalue weighted by Crippen LogP contribution is -2.17. The molecule has 0 spiro atoms. The molecule has 0 bridgehead atoms. The molecule has 0 amide bonds. The minimum atomic E-state index is -4.78. The van der Waals surface area contributed by atoms with Gasteiger partial charge in [-0.25, -0.2) is 0 Å². The van der Waals surface area contributed by atoms with Gasteiger partial charge in [0.25, 0.3) is 0 Å². The van der Waals surface area contributed by atoms with Gasteiger partial charge in [-0.2, -0.15) is 26.3 Å². The fraction of sp³-hybridized carbons (Fsp3) is 0.455. The van der Waals surface area contributed by atoms with E-state index >= 15 is 0 Å². The quantitative estimate of drug-likeness (QED) is 0.593. The zero-order valence-corrected chi connectivity index (χ0v) is 9.35. The van der Waals surface area contributed by atoms with Gasteiger partial charge in [0.05, 0.1) is 11.1 Å². The first-order valence-electron chi connectivity index (χ1n) is 4.71. The first kappa shape index (κ1) is 13.9. The van der Waals surface area contributed by atoms with E-state index in [2.05, 4.69) is 0 Å². The van der Waals surface area contributed by atoms with Crippen LogP contribution in [-0.2, 0) is 12.4 Å². The average Bonchev–Trinajstić information content (AvgIpc) is 1.94. The number of alkyl halides is 6. The minimum absolute atomic E-state index is 0.194. The smallest absolute Gasteiger partial charge is 0.166 e. The Bertz CT molecular complexity index is 400. The summed E-state index contributed by atoms with van der Waals surface area (Å²) in [6.45, 7) is 3.16. The monoisotopic (exact) mass is 256 g/mol. The van der Waals surface area contributed by atoms with Crippen molar-refractivity contribution in [3.05, 3.63) is 33.9 Å². The maximum Gasteiger partial charge on any atom is 0.416 e. The molecule has 1 rings (SSSR count). The molecule has 96 valence electrons. The minimum Gasteiger partial charge on any atom is -0.166 e. The highest BCUT2D eigenvalue weighted by atomic mass is 19.4. The van der Waals surface area contributed by atoms with E-state index < -0.39 is 29.0 Å². The summed E-state index contributed by atoms with van der Waals surface area (Å²) in [5.74, 6) is 0. The van der Waals surface area contributed by atoms with Crippen molar-refractivity contribution in [2.45, 2.75) is 33.1 Å². The summed E-state index contributed by atoms with van der Waals surface area (Å²) in [5.41, 5.74) is -3.55. The number of hydrogen-bond donors (Lipinski definition) is 0. The Labute approximate surface area is 94.2 Å². The second-order valence-electron chi connectivity index (χ2n) is 3.88. The van der Waals surface area contributed by atoms with E-state index in [1.165, 1.54) is 0 Å². The van der Waals surface area contributed by atoms with Crippen molar-refractivity contribution < 1.29 is 26.3 Å². The number of rotatable bonds is 0. The SMILES string of the molecule is Cc1cc(C)c(C(F)(F)F)c(C)c1C(F)(F)F. The third-order valence-electron chi connectivity index (χ3n) is 2.54. The molecule has 6 heteroatoms. The molecule has 0 unspecified atom stereocenters. The van der Waals surface area contributed by atoms with Crippen LogP contribution in [0.5, 0.6) is 0 Å². The van der Waals surface area contributed by atoms with Crippen LogP contribution in [-0.4, -0.2) is 0 Å². The largest absolute Gasteiger partial charge is 0.416 e. The summed E-state index contributed by atoms with van der Waals surface area (Å²) >= 11 is 0. The van der Waals surface area contributed by atoms with Crippen LogP contribution < -0.4 is 0 Å². The molecule has 0 aromatic heterocycles. The van der Waals surface area contributed by atoms with Crippen molar-refractivity contribution in [1.82, 2.24) is 0 Å². The zero-order valence-electron chi connectivity index (χ0n) is 9.35. The number of hydrogen-bond acceptors (Lipinski definition) is 0. The summed E-state index contributed by atoms with van der Waals surface area (Å²) in [4.78, 5) is 0. The molecule has 0 heterocycles. The van der Waals surface area contributed by atoms with Crippen molar-refractivity contribution in [1.29, 1.82) is 0 Å². The first-order chi connectivity index (χ1) is 7.46. The van der Waals surface area contributed by atoms with Gasteiger partial charge in [-0.15, -0.1) is 0 Å². The molecule has 0 radical (unpaired) electrons. The van der Waals surface area contributed by atoms with Gasteiger partial charge in [-0.3, -0.25) is 0 Å². The van der Waals surface area contributed by atoms with Crippen LogP contribution in [0, 0.1) is 20.8 Å². The number of benzene rings is 1. The van der Waals surface area contributed by atoms with Gasteiger partial charge >= 0.3 is 12.4 Å². The fourth-order valence-electron chi connectivity index (χ4n) is 2.06. The van der Waals surface area contributed by atoms with Gasteiger partial charge in [0.15, 0.2) is 0 Å². The van der Waals surface area contributed by atoms with Crippen molar-refractivity contribution in [2.24, 2.45) is 0 Å². The van der Waals surface area contributed by atoms with Gasteiger partial charge in [0, 0.05) is 0 Å². The molecule has 0 N–H and O–H groups in total. The van der Waals surface area contributed by atoms with Crippen molar-refractivity contribution in [3.63, 3.8) is 0 Å². The molecule has 1 aromatic rings. The molecule has 0 saturated carbocycles. The third-order valence-corrected chi connectivity index (χ3v) is 2.54. The Hall–Kier alpha value is -1.20. The third kappa shape index (κ3) is 2.56. The summed E-state index contributed by atoms with van der Waals surface area (Å²) in [5, 5.41) is 0. The van der Waals surface area contributed by atoms with Gasteiger partial charge < -0.3 is 0 Å². The number of halogens is 6. The molecule has 0 aliphatic heterocycles. The van der Waals surface area contributed by atoms with E-state index in [0.717, 1.165) is 26.8 Å². The summed E-state index contributed by atoms with van der Waals surface area (Å²) in [7, 11) is 0. The average molecular weight is 256 g/mol. The predicted octanol–water partition coefficient (Wildman–Crippen LogP) is 4.65. The predicted molar refractivity (Wildman–Crippen MR) is 50.7 cm³/mol. The lowest BCUT2D eigenvalue weighted by molar-refractivity contribution is -0.144. The Morgan fingerprint density at radius 3 is 1.24 bits per heavy atom. The summed E-state index contributed by atoms with van der Waals surface area (Å²) in [6, 6.07) is 0.915. The molecule has 0 aliphatic rings. The van der Waals surface area contributed by atoms with E-state index in [1.54, 1.807) is 0 Å². The summed E-state index contributed by atoms with van der Waals surface area (Å²) in [6.07, 6.45) is -9.55. The van der Waals surface area contributed by atoms with Gasteiger partial charge in [0.1, 0.15) is 0 Å². The highest BCUT2D eigenvalue weighted by Gasteiger charge is 2.41. The topological polar surface area (TPSA) is 0 Å². The molecule has 0 nitrogen and oxygen atoms in total. The lowest BCUT2D eigenvalue weighted by atomic mass is 9.93.